The molecule has 4 nitrogen and oxygen atoms in total. The summed E-state index contributed by atoms with van der Waals surface area (Å²) in [5, 5.41) is 14.0. The summed E-state index contributed by atoms with van der Waals surface area (Å²) in [6, 6.07) is 24.3. The fraction of sp³-hybridized carbons (Fsp3) is 0.0741. The number of carbonyl (C=O) groups is 1. The number of ketones is 1. The third kappa shape index (κ3) is 3.52. The van der Waals surface area contributed by atoms with Gasteiger partial charge in [-0.15, -0.1) is 16.8 Å². The van der Waals surface area contributed by atoms with Gasteiger partial charge in [0.05, 0.1) is 5.76 Å². The minimum Gasteiger partial charge on any atom is -0.512 e. The summed E-state index contributed by atoms with van der Waals surface area (Å²) >= 11 is 0. The molecule has 0 saturated carbocycles. The molecule has 0 saturated heterocycles. The van der Waals surface area contributed by atoms with Gasteiger partial charge in [-0.25, -0.2) is 0 Å². The van der Waals surface area contributed by atoms with Crippen molar-refractivity contribution in [1.82, 2.24) is 9.97 Å². The molecule has 166 valence electrons. The number of benzene rings is 2. The first-order chi connectivity index (χ1) is 15.5. The molecule has 2 aliphatic rings. The van der Waals surface area contributed by atoms with Gasteiger partial charge in [0, 0.05) is 33.3 Å². The number of aliphatic hydroxyl groups is 1. The Balaban J connectivity index is 0.000000287. The van der Waals surface area contributed by atoms with Crippen LogP contribution in [0.15, 0.2) is 91.0 Å². The first-order valence-corrected chi connectivity index (χ1v) is 12.5. The molecule has 0 amide bonds. The van der Waals surface area contributed by atoms with Crippen LogP contribution in [0.1, 0.15) is 13.8 Å². The van der Waals surface area contributed by atoms with Crippen LogP contribution < -0.4 is 20.7 Å². The Morgan fingerprint density at radius 2 is 1.45 bits per heavy atom. The predicted octanol–water partition coefficient (Wildman–Crippen LogP) is 2.65. The van der Waals surface area contributed by atoms with Crippen LogP contribution in [0, 0.1) is 6.20 Å². The second-order valence-corrected chi connectivity index (χ2v) is 11.6. The van der Waals surface area contributed by atoms with Gasteiger partial charge in [-0.1, -0.05) is 66.0 Å². The van der Waals surface area contributed by atoms with Gasteiger partial charge in [0.1, 0.15) is 8.07 Å². The molecule has 0 unspecified atom stereocenters. The maximum atomic E-state index is 10.0. The first kappa shape index (κ1) is 23.0. The van der Waals surface area contributed by atoms with Crippen LogP contribution in [0.25, 0.3) is 22.4 Å². The van der Waals surface area contributed by atoms with Gasteiger partial charge in [0.15, 0.2) is 5.78 Å². The summed E-state index contributed by atoms with van der Waals surface area (Å²) in [6.07, 6.45) is 8.16. The molecule has 0 atom stereocenters. The zero-order valence-corrected chi connectivity index (χ0v) is 21.4. The van der Waals surface area contributed by atoms with Gasteiger partial charge in [-0.2, -0.15) is 0 Å². The van der Waals surface area contributed by atoms with E-state index in [2.05, 4.69) is 77.9 Å². The number of pyridine rings is 2. The Labute approximate surface area is 208 Å². The normalized spacial score (nSPS) is 13.6. The Morgan fingerprint density at radius 3 is 2.03 bits per heavy atom. The van der Waals surface area contributed by atoms with Crippen LogP contribution in [0.3, 0.4) is 0 Å². The standard InChI is InChI=1S/C22H13N2Si.C5H8O2.Pt/c1-3-8-18-15(6-1)16-7-2-4-9-19(16)25(18)20-11-13-23-14-17(20)22-21(25)10-5-12-24-22;1-4(6)3-5(2)7;/h1-13H;3,6H,1-2H3;/q-1;;/b;4-3-;. The number of hydrogen-bond donors (Lipinski definition) is 1. The quantitative estimate of drug-likeness (QED) is 0.132. The van der Waals surface area contributed by atoms with Gasteiger partial charge in [0.25, 0.3) is 0 Å². The molecule has 0 bridgehead atoms. The maximum absolute atomic E-state index is 10.0. The minimum absolute atomic E-state index is 0. The number of hydrogen-bond acceptors (Lipinski definition) is 4. The number of allylic oxidation sites excluding steroid dienone is 2. The molecule has 0 aliphatic carbocycles. The number of aromatic nitrogens is 2. The van der Waals surface area contributed by atoms with Crippen molar-refractivity contribution in [2.75, 3.05) is 0 Å². The Kier molecular flexibility index (Phi) is 6.29. The third-order valence-electron chi connectivity index (χ3n) is 5.98. The van der Waals surface area contributed by atoms with Gasteiger partial charge in [-0.05, 0) is 53.3 Å². The molecule has 2 aromatic carbocycles. The van der Waals surface area contributed by atoms with Crippen molar-refractivity contribution in [1.29, 1.82) is 0 Å². The van der Waals surface area contributed by atoms with E-state index in [0.717, 1.165) is 11.3 Å². The second kappa shape index (κ2) is 9.01. The zero-order valence-electron chi connectivity index (χ0n) is 18.1. The Hall–Kier alpha value is -3.14. The largest absolute Gasteiger partial charge is 0.512 e. The van der Waals surface area contributed by atoms with Crippen molar-refractivity contribution in [3.63, 3.8) is 0 Å². The molecule has 6 rings (SSSR count). The van der Waals surface area contributed by atoms with Gasteiger partial charge < -0.3 is 15.1 Å². The van der Waals surface area contributed by atoms with Crippen LogP contribution in [0.4, 0.5) is 0 Å². The van der Waals surface area contributed by atoms with E-state index in [1.54, 1.807) is 0 Å². The molecule has 2 aliphatic heterocycles. The number of rotatable bonds is 1. The van der Waals surface area contributed by atoms with Crippen LogP contribution in [-0.2, 0) is 25.9 Å². The molecule has 1 spiro atoms. The van der Waals surface area contributed by atoms with Crippen molar-refractivity contribution < 1.29 is 31.0 Å². The summed E-state index contributed by atoms with van der Waals surface area (Å²) in [5.74, 6) is -0.0625. The molecular weight excluding hydrogens is 607 g/mol. The van der Waals surface area contributed by atoms with Crippen molar-refractivity contribution in [2.24, 2.45) is 0 Å². The third-order valence-corrected chi connectivity index (χ3v) is 10.9. The monoisotopic (exact) mass is 628 g/mol. The number of carbonyl (C=O) groups excluding carboxylic acids is 1. The van der Waals surface area contributed by atoms with Gasteiger partial charge >= 0.3 is 0 Å². The summed E-state index contributed by atoms with van der Waals surface area (Å²) in [5.41, 5.74) is 4.87. The predicted molar refractivity (Wildman–Crippen MR) is 130 cm³/mol. The molecule has 33 heavy (non-hydrogen) atoms. The van der Waals surface area contributed by atoms with E-state index < -0.39 is 8.07 Å². The van der Waals surface area contributed by atoms with E-state index in [1.165, 1.54) is 51.8 Å². The van der Waals surface area contributed by atoms with Crippen LogP contribution in [0.5, 0.6) is 0 Å². The first-order valence-electron chi connectivity index (χ1n) is 10.5. The minimum atomic E-state index is -2.29. The molecule has 4 heterocycles. The molecular formula is C27H21N2O2PtSi-. The second-order valence-electron chi connectivity index (χ2n) is 7.98. The fourth-order valence-corrected chi connectivity index (χ4v) is 10.5. The summed E-state index contributed by atoms with van der Waals surface area (Å²) < 4.78 is 0. The topological polar surface area (TPSA) is 63.1 Å². The molecule has 0 radical (unpaired) electrons. The Morgan fingerprint density at radius 1 is 0.848 bits per heavy atom. The molecule has 1 N–H and O–H groups in total. The van der Waals surface area contributed by atoms with Crippen LogP contribution in [-0.4, -0.2) is 28.9 Å². The van der Waals surface area contributed by atoms with E-state index in [0.29, 0.717) is 0 Å². The summed E-state index contributed by atoms with van der Waals surface area (Å²) in [7, 11) is -2.29. The van der Waals surface area contributed by atoms with Crippen molar-refractivity contribution in [3.8, 4) is 22.4 Å². The van der Waals surface area contributed by atoms with Crippen molar-refractivity contribution in [2.45, 2.75) is 13.8 Å². The number of aliphatic hydroxyl groups excluding tert-OH is 1. The van der Waals surface area contributed by atoms with Gasteiger partial charge in [0.2, 0.25) is 0 Å². The average molecular weight is 629 g/mol. The van der Waals surface area contributed by atoms with Crippen molar-refractivity contribution in [3.05, 3.63) is 97.2 Å². The summed E-state index contributed by atoms with van der Waals surface area (Å²) in [4.78, 5) is 19.0. The molecule has 6 heteroatoms. The zero-order chi connectivity index (χ0) is 22.3. The number of nitrogens with zero attached hydrogens (tertiary/aromatic N) is 2. The number of fused-ring (bicyclic) bond motifs is 10. The Bertz CT molecular complexity index is 1210. The van der Waals surface area contributed by atoms with Crippen LogP contribution in [0.2, 0.25) is 0 Å². The van der Waals surface area contributed by atoms with E-state index in [9.17, 15) is 4.79 Å². The molecule has 4 aromatic rings. The molecule has 0 fully saturated rings. The van der Waals surface area contributed by atoms with Gasteiger partial charge in [-0.3, -0.25) is 4.79 Å². The van der Waals surface area contributed by atoms with E-state index in [1.807, 2.05) is 12.4 Å². The van der Waals surface area contributed by atoms with E-state index in [-0.39, 0.29) is 32.6 Å². The summed E-state index contributed by atoms with van der Waals surface area (Å²) in [6.45, 7) is 2.85. The maximum Gasteiger partial charge on any atom is 0.155 e. The van der Waals surface area contributed by atoms with E-state index >= 15 is 0 Å². The van der Waals surface area contributed by atoms with Crippen molar-refractivity contribution >= 4 is 34.6 Å². The SMILES string of the molecule is CC(=O)/C=C(/C)O.[Pt].[c-]1nccc2c1-c1ncccc1[Si]21c2ccccc2-c2ccccc21. The van der Waals surface area contributed by atoms with E-state index in [4.69, 9.17) is 10.1 Å². The average Bonchev–Trinajstić information content (AvgIpc) is 3.26. The van der Waals surface area contributed by atoms with Crippen LogP contribution >= 0.6 is 0 Å². The smallest absolute Gasteiger partial charge is 0.155 e. The molecule has 2 aromatic heterocycles. The fourth-order valence-electron chi connectivity index (χ4n) is 5.01.